The van der Waals surface area contributed by atoms with E-state index in [0.717, 1.165) is 32.3 Å². The Hall–Kier alpha value is -3.02. The molecule has 7 nitrogen and oxygen atoms in total. The van der Waals surface area contributed by atoms with Gasteiger partial charge in [-0.15, -0.1) is 21.5 Å². The number of methoxy groups -OCH3 is 1. The van der Waals surface area contributed by atoms with Gasteiger partial charge in [0.2, 0.25) is 0 Å². The van der Waals surface area contributed by atoms with Crippen LogP contribution in [0.5, 0.6) is 0 Å². The fraction of sp³-hybridized carbons (Fsp3) is 0.286. The highest BCUT2D eigenvalue weighted by molar-refractivity contribution is 7.15. The lowest BCUT2D eigenvalue weighted by molar-refractivity contribution is -0.141. The van der Waals surface area contributed by atoms with E-state index in [4.69, 9.17) is 21.3 Å². The summed E-state index contributed by atoms with van der Waals surface area (Å²) in [6, 6.07) is 9.11. The van der Waals surface area contributed by atoms with Crippen LogP contribution in [0.15, 0.2) is 29.3 Å². The molecule has 30 heavy (non-hydrogen) atoms. The van der Waals surface area contributed by atoms with Crippen molar-refractivity contribution in [2.45, 2.75) is 32.7 Å². The minimum atomic E-state index is -0.553. The van der Waals surface area contributed by atoms with Crippen LogP contribution in [-0.2, 0) is 16.0 Å². The third kappa shape index (κ3) is 3.40. The number of aryl methyl sites for hydroxylation is 1. The van der Waals surface area contributed by atoms with Crippen LogP contribution in [0.3, 0.4) is 0 Å². The van der Waals surface area contributed by atoms with Crippen molar-refractivity contribution in [3.8, 4) is 11.1 Å². The molecule has 0 amide bonds. The van der Waals surface area contributed by atoms with Crippen molar-refractivity contribution in [3.05, 3.63) is 62.5 Å². The summed E-state index contributed by atoms with van der Waals surface area (Å²) in [5, 5.41) is 19.4. The Balaban J connectivity index is 2.02. The molecule has 0 radical (unpaired) electrons. The molecule has 0 saturated carbocycles. The van der Waals surface area contributed by atoms with Crippen LogP contribution in [0.2, 0.25) is 5.02 Å². The van der Waals surface area contributed by atoms with E-state index < -0.39 is 6.04 Å². The molecule has 0 saturated heterocycles. The number of fused-ring (bicyclic) bond motifs is 3. The molecule has 4 rings (SSSR count). The molecule has 9 heteroatoms. The smallest absolute Gasteiger partial charge is 0.308 e. The Bertz CT molecular complexity index is 1200. The van der Waals surface area contributed by atoms with Gasteiger partial charge in [0.25, 0.3) is 0 Å². The highest BCUT2D eigenvalue weighted by Crippen LogP contribution is 2.40. The second kappa shape index (κ2) is 8.01. The largest absolute Gasteiger partial charge is 0.469 e. The average Bonchev–Trinajstić information content (AvgIpc) is 3.22. The van der Waals surface area contributed by atoms with E-state index in [0.29, 0.717) is 23.1 Å². The second-order valence-corrected chi connectivity index (χ2v) is 8.41. The normalized spacial score (nSPS) is 14.9. The Morgan fingerprint density at radius 2 is 2.03 bits per heavy atom. The summed E-state index contributed by atoms with van der Waals surface area (Å²) in [6.07, 6.45) is 0.351. The number of nitrogens with zero attached hydrogens (tertiary/aromatic N) is 5. The summed E-state index contributed by atoms with van der Waals surface area (Å²) < 4.78 is 6.83. The van der Waals surface area contributed by atoms with E-state index in [9.17, 15) is 10.1 Å². The first-order valence-electron chi connectivity index (χ1n) is 9.27. The number of carbonyl (C=O) groups is 1. The van der Waals surface area contributed by atoms with Crippen LogP contribution >= 0.6 is 22.9 Å². The summed E-state index contributed by atoms with van der Waals surface area (Å²) in [5.41, 5.74) is 3.52. The fourth-order valence-electron chi connectivity index (χ4n) is 3.55. The summed E-state index contributed by atoms with van der Waals surface area (Å²) >= 11 is 7.62. The molecule has 3 heterocycles. The van der Waals surface area contributed by atoms with Crippen LogP contribution in [0.1, 0.15) is 45.7 Å². The van der Waals surface area contributed by atoms with E-state index in [1.165, 1.54) is 18.4 Å². The number of aliphatic imine (C=N–C) groups is 1. The van der Waals surface area contributed by atoms with Crippen molar-refractivity contribution < 1.29 is 9.53 Å². The number of hydrogen-bond donors (Lipinski definition) is 0. The fourth-order valence-corrected chi connectivity index (χ4v) is 4.97. The zero-order valence-corrected chi connectivity index (χ0v) is 18.2. The van der Waals surface area contributed by atoms with Gasteiger partial charge in [0, 0.05) is 21.0 Å². The Kier molecular flexibility index (Phi) is 5.41. The first kappa shape index (κ1) is 20.3. The lowest BCUT2D eigenvalue weighted by Crippen LogP contribution is -2.12. The van der Waals surface area contributed by atoms with Gasteiger partial charge in [0.1, 0.15) is 16.9 Å². The Morgan fingerprint density at radius 1 is 1.30 bits per heavy atom. The molecule has 0 N–H and O–H groups in total. The summed E-state index contributed by atoms with van der Waals surface area (Å²) in [4.78, 5) is 18.0. The molecule has 1 aliphatic rings. The SMILES string of the molecule is COC(=O)C[C@@H]1N=C(c2ccc(Cl)cc2)c2c(sc(CC#N)c2C)-n2c(C)nnc21. The van der Waals surface area contributed by atoms with Gasteiger partial charge >= 0.3 is 5.97 Å². The summed E-state index contributed by atoms with van der Waals surface area (Å²) in [6.45, 7) is 3.86. The van der Waals surface area contributed by atoms with Crippen LogP contribution in [-0.4, -0.2) is 33.6 Å². The second-order valence-electron chi connectivity index (χ2n) is 6.89. The molecule has 0 aliphatic carbocycles. The van der Waals surface area contributed by atoms with Gasteiger partial charge in [-0.2, -0.15) is 5.26 Å². The maximum Gasteiger partial charge on any atom is 0.308 e. The monoisotopic (exact) mass is 439 g/mol. The topological polar surface area (TPSA) is 93.2 Å². The van der Waals surface area contributed by atoms with Gasteiger partial charge in [0.15, 0.2) is 5.82 Å². The van der Waals surface area contributed by atoms with Crippen molar-refractivity contribution in [2.75, 3.05) is 7.11 Å². The molecule has 1 atom stereocenters. The van der Waals surface area contributed by atoms with Crippen molar-refractivity contribution in [1.29, 1.82) is 5.26 Å². The van der Waals surface area contributed by atoms with Gasteiger partial charge in [-0.1, -0.05) is 23.7 Å². The minimum Gasteiger partial charge on any atom is -0.469 e. The van der Waals surface area contributed by atoms with Gasteiger partial charge < -0.3 is 4.74 Å². The van der Waals surface area contributed by atoms with E-state index in [1.807, 2.05) is 42.7 Å². The summed E-state index contributed by atoms with van der Waals surface area (Å²) in [7, 11) is 1.36. The lowest BCUT2D eigenvalue weighted by atomic mass is 9.99. The van der Waals surface area contributed by atoms with Crippen molar-refractivity contribution in [1.82, 2.24) is 14.8 Å². The molecule has 1 aromatic carbocycles. The van der Waals surface area contributed by atoms with Crippen LogP contribution < -0.4 is 0 Å². The first-order chi connectivity index (χ1) is 14.4. The standard InChI is InChI=1S/C21H18ClN5O2S/c1-11-16(8-9-23)30-21-18(11)19(13-4-6-14(22)7-5-13)24-15(10-17(28)29-3)20-26-25-12(2)27(20)21/h4-7,15H,8,10H2,1-3H3/t15-/m0/s1. The molecule has 0 fully saturated rings. The summed E-state index contributed by atoms with van der Waals surface area (Å²) in [5.74, 6) is 0.893. The third-order valence-electron chi connectivity index (χ3n) is 5.04. The van der Waals surface area contributed by atoms with Crippen LogP contribution in [0.25, 0.3) is 5.00 Å². The molecule has 152 valence electrons. The molecule has 1 aliphatic heterocycles. The average molecular weight is 440 g/mol. The molecule has 0 spiro atoms. The maximum absolute atomic E-state index is 12.1. The van der Waals surface area contributed by atoms with E-state index in [1.54, 1.807) is 0 Å². The van der Waals surface area contributed by atoms with Crippen LogP contribution in [0, 0.1) is 25.2 Å². The number of thiophene rings is 1. The first-order valence-corrected chi connectivity index (χ1v) is 10.5. The number of benzene rings is 1. The van der Waals surface area contributed by atoms with Gasteiger partial charge in [-0.25, -0.2) is 0 Å². The number of nitriles is 1. The molecule has 2 aromatic heterocycles. The highest BCUT2D eigenvalue weighted by Gasteiger charge is 2.33. The minimum absolute atomic E-state index is 0.0464. The molecular formula is C21H18ClN5O2S. The number of halogens is 1. The molecular weight excluding hydrogens is 422 g/mol. The lowest BCUT2D eigenvalue weighted by Gasteiger charge is -2.11. The number of aromatic nitrogens is 3. The maximum atomic E-state index is 12.1. The van der Waals surface area contributed by atoms with E-state index >= 15 is 0 Å². The zero-order valence-electron chi connectivity index (χ0n) is 16.6. The number of carbonyl (C=O) groups excluding carboxylic acids is 1. The third-order valence-corrected chi connectivity index (χ3v) is 6.57. The van der Waals surface area contributed by atoms with Crippen molar-refractivity contribution >= 4 is 34.6 Å². The van der Waals surface area contributed by atoms with Crippen LogP contribution in [0.4, 0.5) is 0 Å². The molecule has 0 bridgehead atoms. The molecule has 3 aromatic rings. The van der Waals surface area contributed by atoms with Gasteiger partial charge in [0.05, 0.1) is 31.7 Å². The molecule has 0 unspecified atom stereocenters. The Labute approximate surface area is 182 Å². The number of ether oxygens (including phenoxy) is 1. The Morgan fingerprint density at radius 3 is 2.70 bits per heavy atom. The van der Waals surface area contributed by atoms with Gasteiger partial charge in [-0.05, 0) is 31.5 Å². The van der Waals surface area contributed by atoms with Crippen molar-refractivity contribution in [2.24, 2.45) is 4.99 Å². The number of hydrogen-bond acceptors (Lipinski definition) is 7. The predicted octanol–water partition coefficient (Wildman–Crippen LogP) is 4.12. The van der Waals surface area contributed by atoms with E-state index in [2.05, 4.69) is 16.3 Å². The number of esters is 1. The van der Waals surface area contributed by atoms with Crippen molar-refractivity contribution in [3.63, 3.8) is 0 Å². The van der Waals surface area contributed by atoms with Gasteiger partial charge in [-0.3, -0.25) is 14.4 Å². The van der Waals surface area contributed by atoms with E-state index in [-0.39, 0.29) is 12.4 Å². The number of rotatable bonds is 4. The highest BCUT2D eigenvalue weighted by atomic mass is 35.5. The quantitative estimate of drug-likeness (QED) is 0.570. The zero-order chi connectivity index (χ0) is 21.4. The predicted molar refractivity (Wildman–Crippen MR) is 114 cm³/mol.